The molecule has 4 N–H and O–H groups in total. The summed E-state index contributed by atoms with van der Waals surface area (Å²) in [7, 11) is 0. The molecule has 382 valence electrons. The molecule has 0 radical (unpaired) electrons. The van der Waals surface area contributed by atoms with Crippen LogP contribution in [0.15, 0.2) is 102 Å². The highest BCUT2D eigenvalue weighted by Gasteiger charge is 2.78. The Hall–Kier alpha value is -7.09. The van der Waals surface area contributed by atoms with Gasteiger partial charge in [0.05, 0.1) is 29.6 Å². The number of carbonyl (C=O) groups excluding carboxylic acids is 9. The largest absolute Gasteiger partial charge is 0.455 e. The van der Waals surface area contributed by atoms with Crippen molar-refractivity contribution in [2.45, 2.75) is 121 Å². The van der Waals surface area contributed by atoms with Gasteiger partial charge < -0.3 is 54.1 Å². The molecule has 3 aromatic carbocycles. The average molecular weight is 995 g/mol. The van der Waals surface area contributed by atoms with Gasteiger partial charge in [-0.2, -0.15) is 0 Å². The van der Waals surface area contributed by atoms with E-state index in [1.165, 1.54) is 52.0 Å². The van der Waals surface area contributed by atoms with Gasteiger partial charge in [0.25, 0.3) is 5.91 Å². The van der Waals surface area contributed by atoms with Crippen molar-refractivity contribution in [3.8, 4) is 0 Å². The van der Waals surface area contributed by atoms with Crippen molar-refractivity contribution in [1.82, 2.24) is 10.6 Å². The number of ether oxygens (including phenoxy) is 6. The summed E-state index contributed by atoms with van der Waals surface area (Å²) in [5.41, 5.74) is -7.82. The topological polar surface area (TPSA) is 274 Å². The van der Waals surface area contributed by atoms with Crippen LogP contribution in [0.1, 0.15) is 99.5 Å². The minimum atomic E-state index is -2.51. The summed E-state index contributed by atoms with van der Waals surface area (Å²) in [5.74, 6) is -9.16. The molecule has 11 atom stereocenters. The van der Waals surface area contributed by atoms with Gasteiger partial charge in [0.15, 0.2) is 17.5 Å². The summed E-state index contributed by atoms with van der Waals surface area (Å²) in [4.78, 5) is 123. The Morgan fingerprint density at radius 1 is 0.847 bits per heavy atom. The summed E-state index contributed by atoms with van der Waals surface area (Å²) in [6.45, 7) is 6.90. The van der Waals surface area contributed by atoms with Crippen LogP contribution in [0.25, 0.3) is 0 Å². The van der Waals surface area contributed by atoms with Gasteiger partial charge in [-0.05, 0) is 54.8 Å². The first-order chi connectivity index (χ1) is 34.1. The maximum Gasteiger partial charge on any atom is 0.350 e. The van der Waals surface area contributed by atoms with Gasteiger partial charge in [-0.15, -0.1) is 0 Å². The number of ketones is 1. The number of hydrogen-bond donors (Lipinski definition) is 4. The van der Waals surface area contributed by atoms with Crippen LogP contribution in [0.3, 0.4) is 0 Å². The quantitative estimate of drug-likeness (QED) is 0.0693. The Bertz CT molecular complexity index is 2640. The molecule has 3 aliphatic carbocycles. The standard InChI is InChI=1S/C53H58N2O17/c1-29-35(69-49(65)43(70-39(61)27-54-38(60)23-16-24-56)41(32-17-10-7-11-18-32)55-47(63)33-19-12-8-13-20-33)26-53(66)46(71-48(64)34-21-14-9-15-22-34)44-51(6,36(59)25-37-52(44,28-67-37)72-31(3)58)45(62)42(68-30(2)57)40(29)50(53,4)5/h7-15,17-22,24,35-37,41-44,46,59,66H,16,23,25-28H2,1-6H3,(H,54,60)(H,55,63)/t35-,36-,37+,41-,42+,43+,44-,46-,51+,52-,53+/m0/s1. The second kappa shape index (κ2) is 20.9. The molecule has 0 spiro atoms. The minimum absolute atomic E-state index is 0.0194. The Morgan fingerprint density at radius 2 is 1.46 bits per heavy atom. The number of esters is 5. The predicted molar refractivity (Wildman–Crippen MR) is 250 cm³/mol. The van der Waals surface area contributed by atoms with E-state index in [9.17, 15) is 43.8 Å². The number of Topliss-reactive ketones (excluding diaryl/α,β-unsaturated/α-hetero) is 1. The number of aliphatic hydroxyl groups excluding tert-OH is 1. The summed E-state index contributed by atoms with van der Waals surface area (Å²) in [5, 5.41) is 31.2. The van der Waals surface area contributed by atoms with Crippen molar-refractivity contribution in [1.29, 1.82) is 0 Å². The monoisotopic (exact) mass is 994 g/mol. The highest BCUT2D eigenvalue weighted by atomic mass is 16.6. The first kappa shape index (κ1) is 52.7. The van der Waals surface area contributed by atoms with Crippen molar-refractivity contribution in [2.75, 3.05) is 13.2 Å². The van der Waals surface area contributed by atoms with Crippen molar-refractivity contribution < 1.29 is 81.8 Å². The lowest BCUT2D eigenvalue weighted by Crippen LogP contribution is -2.82. The molecule has 4 aliphatic rings. The number of rotatable bonds is 16. The van der Waals surface area contributed by atoms with Crippen molar-refractivity contribution in [2.24, 2.45) is 16.7 Å². The molecule has 1 aliphatic heterocycles. The first-order valence-corrected chi connectivity index (χ1v) is 23.5. The number of hydrogen-bond acceptors (Lipinski definition) is 17. The number of amides is 2. The zero-order valence-electron chi connectivity index (χ0n) is 40.6. The molecule has 3 aromatic rings. The second-order valence-electron chi connectivity index (χ2n) is 19.3. The fourth-order valence-corrected chi connectivity index (χ4v) is 10.9. The number of carbonyl (C=O) groups is 9. The van der Waals surface area contributed by atoms with Crippen LogP contribution < -0.4 is 10.6 Å². The van der Waals surface area contributed by atoms with Crippen LogP contribution in [-0.2, 0) is 62.0 Å². The maximum absolute atomic E-state index is 15.7. The van der Waals surface area contributed by atoms with Gasteiger partial charge in [0.1, 0.15) is 42.8 Å². The number of aldehydes is 1. The van der Waals surface area contributed by atoms with E-state index in [1.54, 1.807) is 66.7 Å². The summed E-state index contributed by atoms with van der Waals surface area (Å²) in [6, 6.07) is 22.1. The van der Waals surface area contributed by atoms with Crippen LogP contribution in [0.2, 0.25) is 0 Å². The van der Waals surface area contributed by atoms with Gasteiger partial charge >= 0.3 is 29.8 Å². The van der Waals surface area contributed by atoms with E-state index in [4.69, 9.17) is 28.4 Å². The lowest BCUT2D eigenvalue weighted by Gasteiger charge is -2.67. The van der Waals surface area contributed by atoms with E-state index in [0.29, 0.717) is 6.29 Å². The normalized spacial score (nSPS) is 28.8. The molecule has 7 rings (SSSR count). The van der Waals surface area contributed by atoms with Crippen molar-refractivity contribution >= 4 is 53.7 Å². The highest BCUT2D eigenvalue weighted by Crippen LogP contribution is 2.64. The second-order valence-corrected chi connectivity index (χ2v) is 19.3. The first-order valence-electron chi connectivity index (χ1n) is 23.5. The Morgan fingerprint density at radius 3 is 2.03 bits per heavy atom. The third-order valence-corrected chi connectivity index (χ3v) is 14.6. The zero-order chi connectivity index (χ0) is 52.3. The van der Waals surface area contributed by atoms with Gasteiger partial charge in [-0.3, -0.25) is 28.8 Å². The van der Waals surface area contributed by atoms with E-state index in [0.717, 1.165) is 13.8 Å². The Kier molecular flexibility index (Phi) is 15.3. The van der Waals surface area contributed by atoms with Crippen molar-refractivity contribution in [3.63, 3.8) is 0 Å². The number of fused-ring (bicyclic) bond motifs is 5. The van der Waals surface area contributed by atoms with Gasteiger partial charge in [0, 0.05) is 50.5 Å². The minimum Gasteiger partial charge on any atom is -0.455 e. The molecule has 0 unspecified atom stereocenters. The van der Waals surface area contributed by atoms with E-state index in [-0.39, 0.29) is 53.7 Å². The molecule has 19 heteroatoms. The molecular formula is C53H58N2O17. The number of benzene rings is 3. The summed E-state index contributed by atoms with van der Waals surface area (Å²) >= 11 is 0. The molecule has 2 amide bonds. The maximum atomic E-state index is 15.7. The van der Waals surface area contributed by atoms with E-state index >= 15 is 9.59 Å². The van der Waals surface area contributed by atoms with Gasteiger partial charge in [0.2, 0.25) is 12.0 Å². The fraction of sp³-hybridized carbons (Fsp3) is 0.453. The van der Waals surface area contributed by atoms with Gasteiger partial charge in [-0.1, -0.05) is 80.6 Å². The molecule has 0 aromatic heterocycles. The van der Waals surface area contributed by atoms with Crippen molar-refractivity contribution in [3.05, 3.63) is 119 Å². The Balaban J connectivity index is 1.40. The van der Waals surface area contributed by atoms with E-state index in [2.05, 4.69) is 10.6 Å². The summed E-state index contributed by atoms with van der Waals surface area (Å²) < 4.78 is 36.5. The predicted octanol–water partition coefficient (Wildman–Crippen LogP) is 3.38. The third kappa shape index (κ3) is 9.79. The molecule has 72 heavy (non-hydrogen) atoms. The highest BCUT2D eigenvalue weighted by molar-refractivity contribution is 5.96. The molecule has 1 heterocycles. The van der Waals surface area contributed by atoms with Crippen LogP contribution in [0, 0.1) is 16.7 Å². The fourth-order valence-electron chi connectivity index (χ4n) is 10.9. The van der Waals surface area contributed by atoms with Crippen LogP contribution in [-0.4, -0.2) is 125 Å². The SMILES string of the molecule is CC(=O)O[C@H]1C(=O)[C@@]2(C)[C@H]([C@H](OC(=O)c3ccccc3)[C@]3(O)C[C@H](OC(=O)[C@H](OC(=O)CNC(=O)CCC=O)[C@@H](NC(=O)c4ccccc4)c4ccccc4)C(C)=C1C3(C)C)[C@]1(OC(C)=O)CO[C@@H]1C[C@@H]2O. The van der Waals surface area contributed by atoms with Gasteiger partial charge in [-0.25, -0.2) is 9.59 Å². The average Bonchev–Trinajstić information content (AvgIpc) is 3.35. The molecule has 1 saturated heterocycles. The summed E-state index contributed by atoms with van der Waals surface area (Å²) in [6.07, 6.45) is -11.0. The third-order valence-electron chi connectivity index (χ3n) is 14.6. The smallest absolute Gasteiger partial charge is 0.350 e. The molecule has 19 nitrogen and oxygen atoms in total. The number of nitrogens with one attached hydrogen (secondary N) is 2. The molecule has 2 saturated carbocycles. The lowest BCUT2D eigenvalue weighted by atomic mass is 9.44. The molecular weight excluding hydrogens is 937 g/mol. The Labute approximate surface area is 414 Å². The van der Waals surface area contributed by atoms with Crippen LogP contribution >= 0.6 is 0 Å². The molecule has 2 bridgehead atoms. The van der Waals surface area contributed by atoms with E-state index < -0.39 is 131 Å². The number of aliphatic hydroxyl groups is 2. The molecule has 3 fully saturated rings. The lowest BCUT2D eigenvalue weighted by molar-refractivity contribution is -0.346. The zero-order valence-corrected chi connectivity index (χ0v) is 40.6. The van der Waals surface area contributed by atoms with Crippen LogP contribution in [0.5, 0.6) is 0 Å². The van der Waals surface area contributed by atoms with Crippen LogP contribution in [0.4, 0.5) is 0 Å². The van der Waals surface area contributed by atoms with E-state index in [1.807, 2.05) is 0 Å².